The van der Waals surface area contributed by atoms with Crippen molar-refractivity contribution in [3.05, 3.63) is 0 Å². The van der Waals surface area contributed by atoms with Crippen LogP contribution in [0.1, 0.15) is 51.4 Å². The highest BCUT2D eigenvalue weighted by Gasteiger charge is 2.49. The monoisotopic (exact) mass is 233 g/mol. The summed E-state index contributed by atoms with van der Waals surface area (Å²) < 4.78 is 0. The van der Waals surface area contributed by atoms with E-state index in [-0.39, 0.29) is 6.10 Å². The lowest BCUT2D eigenvalue weighted by Crippen LogP contribution is -2.49. The maximum absolute atomic E-state index is 10.4. The van der Waals surface area contributed by atoms with Gasteiger partial charge in [0.05, 0.1) is 12.2 Å². The molecule has 0 saturated heterocycles. The van der Waals surface area contributed by atoms with Crippen molar-refractivity contribution in [2.24, 2.45) is 29.6 Å². The minimum Gasteiger partial charge on any atom is -0.393 e. The normalized spacial score (nSPS) is 44.6. The molecule has 0 spiro atoms. The fraction of sp³-hybridized carbons (Fsp3) is 0.933. The van der Waals surface area contributed by atoms with Gasteiger partial charge in [-0.25, -0.2) is 0 Å². The molecule has 4 fully saturated rings. The largest absolute Gasteiger partial charge is 0.393 e. The molecule has 0 heterocycles. The summed E-state index contributed by atoms with van der Waals surface area (Å²) in [5, 5.41) is 19.0. The van der Waals surface area contributed by atoms with Crippen LogP contribution in [0.25, 0.3) is 0 Å². The van der Waals surface area contributed by atoms with Crippen molar-refractivity contribution in [3.8, 4) is 6.07 Å². The highest BCUT2D eigenvalue weighted by molar-refractivity contribution is 5.00. The molecule has 94 valence electrons. The van der Waals surface area contributed by atoms with Crippen LogP contribution < -0.4 is 0 Å². The first-order valence-corrected chi connectivity index (χ1v) is 7.33. The Balaban J connectivity index is 1.61. The van der Waals surface area contributed by atoms with Gasteiger partial charge in [-0.1, -0.05) is 0 Å². The molecule has 0 radical (unpaired) electrons. The van der Waals surface area contributed by atoms with Crippen molar-refractivity contribution in [1.29, 1.82) is 5.26 Å². The highest BCUT2D eigenvalue weighted by atomic mass is 16.3. The zero-order valence-corrected chi connectivity index (χ0v) is 10.5. The zero-order valence-electron chi connectivity index (χ0n) is 10.5. The van der Waals surface area contributed by atoms with E-state index in [1.165, 1.54) is 32.1 Å². The number of aliphatic hydroxyl groups excluding tert-OH is 1. The van der Waals surface area contributed by atoms with Gasteiger partial charge in [0.25, 0.3) is 0 Å². The third-order valence-electron chi connectivity index (χ3n) is 5.53. The van der Waals surface area contributed by atoms with Crippen LogP contribution in [0.3, 0.4) is 0 Å². The Labute approximate surface area is 104 Å². The molecule has 0 aliphatic heterocycles. The van der Waals surface area contributed by atoms with Crippen molar-refractivity contribution < 1.29 is 5.11 Å². The molecular weight excluding hydrogens is 210 g/mol. The molecule has 4 aliphatic rings. The van der Waals surface area contributed by atoms with Gasteiger partial charge in [0.15, 0.2) is 0 Å². The van der Waals surface area contributed by atoms with Gasteiger partial charge in [0.1, 0.15) is 0 Å². The van der Waals surface area contributed by atoms with Crippen LogP contribution in [0.5, 0.6) is 0 Å². The van der Waals surface area contributed by atoms with E-state index in [1.54, 1.807) is 0 Å². The van der Waals surface area contributed by atoms with Crippen LogP contribution in [0.4, 0.5) is 0 Å². The van der Waals surface area contributed by atoms with Crippen LogP contribution in [-0.2, 0) is 0 Å². The lowest BCUT2D eigenvalue weighted by molar-refractivity contribution is -0.0913. The number of rotatable bonds is 4. The van der Waals surface area contributed by atoms with Gasteiger partial charge in [-0.3, -0.25) is 0 Å². The average molecular weight is 233 g/mol. The van der Waals surface area contributed by atoms with Gasteiger partial charge in [0.2, 0.25) is 0 Å². The lowest BCUT2D eigenvalue weighted by Gasteiger charge is -2.55. The third-order valence-corrected chi connectivity index (χ3v) is 5.53. The molecule has 2 nitrogen and oxygen atoms in total. The maximum Gasteiger partial charge on any atom is 0.0621 e. The Morgan fingerprint density at radius 1 is 1.06 bits per heavy atom. The summed E-state index contributed by atoms with van der Waals surface area (Å²) in [6.07, 6.45) is 9.20. The van der Waals surface area contributed by atoms with Crippen molar-refractivity contribution >= 4 is 0 Å². The van der Waals surface area contributed by atoms with E-state index in [9.17, 15) is 5.11 Å². The van der Waals surface area contributed by atoms with E-state index in [4.69, 9.17) is 5.26 Å². The van der Waals surface area contributed by atoms with Crippen molar-refractivity contribution in [1.82, 2.24) is 0 Å². The van der Waals surface area contributed by atoms with E-state index < -0.39 is 0 Å². The van der Waals surface area contributed by atoms with E-state index in [2.05, 4.69) is 6.07 Å². The van der Waals surface area contributed by atoms with E-state index >= 15 is 0 Å². The Kier molecular flexibility index (Phi) is 3.13. The second-order valence-electron chi connectivity index (χ2n) is 6.63. The standard InChI is InChI=1S/C15H23NO/c16-4-2-1-3-14(17)15-12-6-10-5-11(8-12)9-13(15)7-10/h10-15,17H,1-3,5-9H2. The van der Waals surface area contributed by atoms with Crippen LogP contribution in [0.15, 0.2) is 0 Å². The molecule has 1 unspecified atom stereocenters. The third kappa shape index (κ3) is 2.10. The number of unbranched alkanes of at least 4 members (excludes halogenated alkanes) is 1. The van der Waals surface area contributed by atoms with Crippen molar-refractivity contribution in [3.63, 3.8) is 0 Å². The van der Waals surface area contributed by atoms with E-state index in [0.717, 1.165) is 36.5 Å². The zero-order chi connectivity index (χ0) is 11.8. The van der Waals surface area contributed by atoms with Gasteiger partial charge in [-0.2, -0.15) is 5.26 Å². The lowest BCUT2D eigenvalue weighted by atomic mass is 9.50. The fourth-order valence-electron chi connectivity index (χ4n) is 5.18. The van der Waals surface area contributed by atoms with Gasteiger partial charge < -0.3 is 5.11 Å². The Hall–Kier alpha value is -0.550. The maximum atomic E-state index is 10.4. The predicted octanol–water partition coefficient (Wildman–Crippen LogP) is 3.11. The van der Waals surface area contributed by atoms with Crippen molar-refractivity contribution in [2.75, 3.05) is 0 Å². The molecular formula is C15H23NO. The molecule has 0 aromatic heterocycles. The fourth-order valence-corrected chi connectivity index (χ4v) is 5.18. The predicted molar refractivity (Wildman–Crippen MR) is 66.0 cm³/mol. The SMILES string of the molecule is N#CCCCC(O)C1C2CC3CC(C2)CC1C3. The first-order valence-electron chi connectivity index (χ1n) is 7.33. The topological polar surface area (TPSA) is 44.0 Å². The minimum absolute atomic E-state index is 0.127. The molecule has 2 heteroatoms. The number of hydrogen-bond acceptors (Lipinski definition) is 2. The Morgan fingerprint density at radius 3 is 2.18 bits per heavy atom. The first kappa shape index (κ1) is 11.5. The van der Waals surface area contributed by atoms with Gasteiger partial charge in [0, 0.05) is 6.42 Å². The van der Waals surface area contributed by atoms with Gasteiger partial charge >= 0.3 is 0 Å². The van der Waals surface area contributed by atoms with Gasteiger partial charge in [-0.05, 0) is 74.5 Å². The number of nitriles is 1. The van der Waals surface area contributed by atoms with Crippen LogP contribution >= 0.6 is 0 Å². The van der Waals surface area contributed by atoms with Crippen LogP contribution in [0.2, 0.25) is 0 Å². The number of aliphatic hydroxyl groups is 1. The smallest absolute Gasteiger partial charge is 0.0621 e. The van der Waals surface area contributed by atoms with Crippen LogP contribution in [0, 0.1) is 40.9 Å². The summed E-state index contributed by atoms with van der Waals surface area (Å²) in [6, 6.07) is 2.18. The molecule has 0 aromatic carbocycles. The quantitative estimate of drug-likeness (QED) is 0.758. The van der Waals surface area contributed by atoms with E-state index in [1.807, 2.05) is 0 Å². The molecule has 17 heavy (non-hydrogen) atoms. The first-order chi connectivity index (χ1) is 8.28. The molecule has 1 atom stereocenters. The van der Waals surface area contributed by atoms with E-state index in [0.29, 0.717) is 12.3 Å². The summed E-state index contributed by atoms with van der Waals surface area (Å²) >= 11 is 0. The van der Waals surface area contributed by atoms with Crippen molar-refractivity contribution in [2.45, 2.75) is 57.5 Å². The summed E-state index contributed by atoms with van der Waals surface area (Å²) in [5.41, 5.74) is 0. The van der Waals surface area contributed by atoms with Gasteiger partial charge in [-0.15, -0.1) is 0 Å². The molecule has 0 amide bonds. The summed E-state index contributed by atoms with van der Waals surface area (Å²) in [6.45, 7) is 0. The molecule has 4 aliphatic carbocycles. The number of hydrogen-bond donors (Lipinski definition) is 1. The molecule has 4 bridgehead atoms. The number of nitrogens with zero attached hydrogens (tertiary/aromatic N) is 1. The summed E-state index contributed by atoms with van der Waals surface area (Å²) in [7, 11) is 0. The molecule has 1 N–H and O–H groups in total. The second-order valence-corrected chi connectivity index (χ2v) is 6.63. The second kappa shape index (κ2) is 4.61. The molecule has 4 rings (SSSR count). The molecule has 0 aromatic rings. The highest BCUT2D eigenvalue weighted by Crippen LogP contribution is 2.57. The summed E-state index contributed by atoms with van der Waals surface area (Å²) in [4.78, 5) is 0. The molecule has 4 saturated carbocycles. The van der Waals surface area contributed by atoms with Crippen LogP contribution in [-0.4, -0.2) is 11.2 Å². The average Bonchev–Trinajstić information content (AvgIpc) is 2.27. The Morgan fingerprint density at radius 2 is 1.65 bits per heavy atom. The minimum atomic E-state index is -0.127. The summed E-state index contributed by atoms with van der Waals surface area (Å²) in [5.74, 6) is 4.16. The Bertz CT molecular complexity index is 291.